The molecule has 0 aliphatic heterocycles. The number of ether oxygens (including phenoxy) is 2. The van der Waals surface area contributed by atoms with Crippen LogP contribution in [-0.4, -0.2) is 19.0 Å². The van der Waals surface area contributed by atoms with Crippen LogP contribution >= 0.6 is 15.9 Å². The number of rotatable bonds is 2. The van der Waals surface area contributed by atoms with Gasteiger partial charge in [-0.05, 0) is 6.08 Å². The summed E-state index contributed by atoms with van der Waals surface area (Å²) in [6.07, 6.45) is 3.83. The highest BCUT2D eigenvalue weighted by Crippen LogP contribution is 2.28. The summed E-state index contributed by atoms with van der Waals surface area (Å²) in [5.74, 6) is 1.43. The number of allylic oxidation sites excluding steroid dienone is 3. The number of alkyl halides is 1. The first-order valence-corrected chi connectivity index (χ1v) is 4.46. The molecule has 0 heterocycles. The van der Waals surface area contributed by atoms with Crippen molar-refractivity contribution in [1.29, 1.82) is 0 Å². The molecule has 0 saturated heterocycles. The van der Waals surface area contributed by atoms with Crippen LogP contribution in [0.4, 0.5) is 0 Å². The third-order valence-electron chi connectivity index (χ3n) is 1.69. The molecule has 0 radical (unpaired) electrons. The molecule has 0 spiro atoms. The smallest absolute Gasteiger partial charge is 0.164 e. The average Bonchev–Trinajstić information content (AvgIpc) is 2.09. The predicted molar refractivity (Wildman–Crippen MR) is 52.0 cm³/mol. The third-order valence-corrected chi connectivity index (χ3v) is 2.55. The first-order valence-electron chi connectivity index (χ1n) is 3.54. The summed E-state index contributed by atoms with van der Waals surface area (Å²) >= 11 is 3.44. The molecule has 0 aromatic rings. The van der Waals surface area contributed by atoms with E-state index in [0.717, 1.165) is 11.3 Å². The van der Waals surface area contributed by atoms with Gasteiger partial charge in [-0.15, -0.1) is 0 Å². The van der Waals surface area contributed by atoms with Gasteiger partial charge in [0.2, 0.25) is 0 Å². The fourth-order valence-electron chi connectivity index (χ4n) is 1.04. The Morgan fingerprint density at radius 1 is 1.42 bits per heavy atom. The van der Waals surface area contributed by atoms with E-state index < -0.39 is 0 Å². The second kappa shape index (κ2) is 3.81. The molecule has 1 aliphatic rings. The second-order valence-electron chi connectivity index (χ2n) is 2.39. The summed E-state index contributed by atoms with van der Waals surface area (Å²) in [6.45, 7) is 3.88. The summed E-state index contributed by atoms with van der Waals surface area (Å²) in [6, 6.07) is 0. The SMILES string of the molecule is C=C1C(OC)=C(OC)C=CC1Br. The predicted octanol–water partition coefficient (Wildman–Crippen LogP) is 2.38. The fraction of sp³-hybridized carbons (Fsp3) is 0.333. The molecule has 3 heteroatoms. The zero-order chi connectivity index (χ0) is 9.14. The standard InChI is InChI=1S/C9H11BrO2/c1-6-7(10)4-5-8(11-2)9(6)12-3/h4-5,7H,1H2,2-3H3. The van der Waals surface area contributed by atoms with Crippen LogP contribution < -0.4 is 0 Å². The van der Waals surface area contributed by atoms with Crippen LogP contribution in [-0.2, 0) is 9.47 Å². The lowest BCUT2D eigenvalue weighted by atomic mass is 10.1. The lowest BCUT2D eigenvalue weighted by Gasteiger charge is -2.19. The molecule has 1 aliphatic carbocycles. The van der Waals surface area contributed by atoms with Gasteiger partial charge in [0.15, 0.2) is 11.5 Å². The van der Waals surface area contributed by atoms with Crippen molar-refractivity contribution in [3.63, 3.8) is 0 Å². The van der Waals surface area contributed by atoms with Crippen molar-refractivity contribution in [3.8, 4) is 0 Å². The van der Waals surface area contributed by atoms with Crippen LogP contribution in [0.15, 0.2) is 35.8 Å². The lowest BCUT2D eigenvalue weighted by molar-refractivity contribution is 0.235. The topological polar surface area (TPSA) is 18.5 Å². The summed E-state index contributed by atoms with van der Waals surface area (Å²) in [5, 5.41) is 0. The minimum absolute atomic E-state index is 0.145. The van der Waals surface area contributed by atoms with E-state index in [1.54, 1.807) is 14.2 Å². The maximum atomic E-state index is 5.15. The molecule has 0 fully saturated rings. The van der Waals surface area contributed by atoms with Gasteiger partial charge in [0.1, 0.15) is 0 Å². The van der Waals surface area contributed by atoms with Crippen LogP contribution in [0, 0.1) is 0 Å². The Labute approximate surface area is 80.7 Å². The second-order valence-corrected chi connectivity index (χ2v) is 3.37. The van der Waals surface area contributed by atoms with E-state index in [2.05, 4.69) is 22.5 Å². The molecule has 1 unspecified atom stereocenters. The monoisotopic (exact) mass is 230 g/mol. The maximum absolute atomic E-state index is 5.15. The molecule has 0 bridgehead atoms. The minimum Gasteiger partial charge on any atom is -0.493 e. The molecule has 2 nitrogen and oxygen atoms in total. The van der Waals surface area contributed by atoms with Gasteiger partial charge in [-0.3, -0.25) is 0 Å². The van der Waals surface area contributed by atoms with Crippen molar-refractivity contribution < 1.29 is 9.47 Å². The van der Waals surface area contributed by atoms with Gasteiger partial charge in [-0.1, -0.05) is 28.6 Å². The van der Waals surface area contributed by atoms with Crippen molar-refractivity contribution in [3.05, 3.63) is 35.8 Å². The normalized spacial score (nSPS) is 22.9. The van der Waals surface area contributed by atoms with E-state index >= 15 is 0 Å². The van der Waals surface area contributed by atoms with E-state index in [-0.39, 0.29) is 4.83 Å². The Morgan fingerprint density at radius 3 is 2.58 bits per heavy atom. The molecule has 0 amide bonds. The van der Waals surface area contributed by atoms with Gasteiger partial charge in [0.05, 0.1) is 19.0 Å². The van der Waals surface area contributed by atoms with E-state index in [9.17, 15) is 0 Å². The maximum Gasteiger partial charge on any atom is 0.164 e. The number of halogens is 1. The fourth-order valence-corrected chi connectivity index (χ4v) is 1.40. The van der Waals surface area contributed by atoms with Crippen LogP contribution in [0.2, 0.25) is 0 Å². The molecular formula is C9H11BrO2. The van der Waals surface area contributed by atoms with Gasteiger partial charge >= 0.3 is 0 Å². The van der Waals surface area contributed by atoms with Crippen LogP contribution in [0.1, 0.15) is 0 Å². The van der Waals surface area contributed by atoms with Crippen molar-refractivity contribution in [2.45, 2.75) is 4.83 Å². The highest BCUT2D eigenvalue weighted by atomic mass is 79.9. The molecule has 0 aromatic carbocycles. The molecule has 0 N–H and O–H groups in total. The number of methoxy groups -OCH3 is 2. The van der Waals surface area contributed by atoms with E-state index in [1.165, 1.54) is 0 Å². The lowest BCUT2D eigenvalue weighted by Crippen LogP contribution is -2.10. The molecule has 0 aromatic heterocycles. The first kappa shape index (κ1) is 9.39. The summed E-state index contributed by atoms with van der Waals surface area (Å²) in [7, 11) is 3.22. The molecule has 1 rings (SSSR count). The Bertz CT molecular complexity index is 253. The molecular weight excluding hydrogens is 220 g/mol. The van der Waals surface area contributed by atoms with Gasteiger partial charge < -0.3 is 9.47 Å². The van der Waals surface area contributed by atoms with Crippen molar-refractivity contribution in [1.82, 2.24) is 0 Å². The molecule has 1 atom stereocenters. The Morgan fingerprint density at radius 2 is 2.08 bits per heavy atom. The van der Waals surface area contributed by atoms with E-state index in [4.69, 9.17) is 9.47 Å². The van der Waals surface area contributed by atoms with E-state index in [0.29, 0.717) is 5.76 Å². The van der Waals surface area contributed by atoms with Crippen LogP contribution in [0.3, 0.4) is 0 Å². The molecule has 0 saturated carbocycles. The highest BCUT2D eigenvalue weighted by Gasteiger charge is 2.19. The summed E-state index contributed by atoms with van der Waals surface area (Å²) in [4.78, 5) is 0.145. The van der Waals surface area contributed by atoms with Gasteiger partial charge in [-0.25, -0.2) is 0 Å². The highest BCUT2D eigenvalue weighted by molar-refractivity contribution is 9.09. The van der Waals surface area contributed by atoms with Crippen molar-refractivity contribution in [2.24, 2.45) is 0 Å². The van der Waals surface area contributed by atoms with E-state index in [1.807, 2.05) is 12.2 Å². The molecule has 66 valence electrons. The quantitative estimate of drug-likeness (QED) is 0.679. The Kier molecular flexibility index (Phi) is 2.98. The Balaban J connectivity index is 3.00. The van der Waals surface area contributed by atoms with Gasteiger partial charge in [0.25, 0.3) is 0 Å². The third kappa shape index (κ3) is 1.55. The van der Waals surface area contributed by atoms with Crippen LogP contribution in [0.5, 0.6) is 0 Å². The van der Waals surface area contributed by atoms with Crippen LogP contribution in [0.25, 0.3) is 0 Å². The zero-order valence-corrected chi connectivity index (χ0v) is 8.72. The summed E-state index contributed by atoms with van der Waals surface area (Å²) in [5.41, 5.74) is 0.886. The van der Waals surface area contributed by atoms with Gasteiger partial charge in [0, 0.05) is 5.57 Å². The number of hydrogen-bond acceptors (Lipinski definition) is 2. The average molecular weight is 231 g/mol. The minimum atomic E-state index is 0.145. The van der Waals surface area contributed by atoms with Gasteiger partial charge in [-0.2, -0.15) is 0 Å². The molecule has 12 heavy (non-hydrogen) atoms. The Hall–Kier alpha value is -0.700. The zero-order valence-electron chi connectivity index (χ0n) is 7.13. The number of hydrogen-bond donors (Lipinski definition) is 0. The first-order chi connectivity index (χ1) is 5.70. The van der Waals surface area contributed by atoms with Crippen molar-refractivity contribution in [2.75, 3.05) is 14.2 Å². The largest absolute Gasteiger partial charge is 0.493 e. The van der Waals surface area contributed by atoms with Crippen molar-refractivity contribution >= 4 is 15.9 Å². The summed E-state index contributed by atoms with van der Waals surface area (Å²) < 4.78 is 10.3.